The van der Waals surface area contributed by atoms with Gasteiger partial charge in [0.2, 0.25) is 0 Å². The smallest absolute Gasteiger partial charge is 0.266 e. The van der Waals surface area contributed by atoms with E-state index < -0.39 is 0 Å². The molecule has 2 aromatic rings. The summed E-state index contributed by atoms with van der Waals surface area (Å²) in [6.07, 6.45) is 1.53. The molecule has 1 atom stereocenters. The van der Waals surface area contributed by atoms with Gasteiger partial charge in [-0.2, -0.15) is 5.10 Å². The molecule has 0 aliphatic heterocycles. The monoisotopic (exact) mass is 234 g/mol. The third-order valence-corrected chi connectivity index (χ3v) is 2.76. The second kappa shape index (κ2) is 4.49. The molecule has 0 bridgehead atoms. The summed E-state index contributed by atoms with van der Waals surface area (Å²) < 4.78 is 1.39. The first-order valence-corrected chi connectivity index (χ1v) is 5.36. The van der Waals surface area contributed by atoms with Crippen LogP contribution < -0.4 is 5.56 Å². The molecule has 0 unspecified atom stereocenters. The van der Waals surface area contributed by atoms with Gasteiger partial charge in [0, 0.05) is 6.20 Å². The Balaban J connectivity index is 2.46. The van der Waals surface area contributed by atoms with Gasteiger partial charge >= 0.3 is 0 Å². The Morgan fingerprint density at radius 2 is 1.94 bits per heavy atom. The van der Waals surface area contributed by atoms with Crippen LogP contribution in [0.1, 0.15) is 18.5 Å². The van der Waals surface area contributed by atoms with Crippen LogP contribution >= 0.6 is 11.6 Å². The van der Waals surface area contributed by atoms with Crippen molar-refractivity contribution in [3.63, 3.8) is 0 Å². The van der Waals surface area contributed by atoms with Crippen molar-refractivity contribution in [2.24, 2.45) is 0 Å². The average molecular weight is 235 g/mol. The summed E-state index contributed by atoms with van der Waals surface area (Å²) in [6, 6.07) is 11.1. The lowest BCUT2D eigenvalue weighted by Gasteiger charge is -2.13. The van der Waals surface area contributed by atoms with Gasteiger partial charge in [0.15, 0.2) is 0 Å². The van der Waals surface area contributed by atoms with Crippen molar-refractivity contribution in [2.45, 2.75) is 13.0 Å². The van der Waals surface area contributed by atoms with Crippen molar-refractivity contribution in [2.75, 3.05) is 0 Å². The van der Waals surface area contributed by atoms with E-state index in [1.54, 1.807) is 0 Å². The second-order valence-corrected chi connectivity index (χ2v) is 3.92. The summed E-state index contributed by atoms with van der Waals surface area (Å²) in [5, 5.41) is 4.23. The van der Waals surface area contributed by atoms with E-state index in [0.717, 1.165) is 5.56 Å². The Kier molecular flexibility index (Phi) is 3.06. The van der Waals surface area contributed by atoms with Crippen LogP contribution in [-0.4, -0.2) is 9.78 Å². The molecule has 0 saturated heterocycles. The van der Waals surface area contributed by atoms with E-state index in [1.165, 1.54) is 16.9 Å². The Labute approximate surface area is 98.3 Å². The molecule has 0 saturated carbocycles. The lowest BCUT2D eigenvalue weighted by Crippen LogP contribution is -2.26. The molecule has 1 aromatic heterocycles. The molecular formula is C12H11ClN2O. The molecule has 16 heavy (non-hydrogen) atoms. The standard InChI is InChI=1S/C12H11ClN2O/c1-9(10-5-3-2-4-6-10)15-12(16)11(13)7-8-14-15/h2-9H,1H3/t9-/m0/s1. The van der Waals surface area contributed by atoms with Gasteiger partial charge in [-0.3, -0.25) is 4.79 Å². The van der Waals surface area contributed by atoms with Crippen LogP contribution in [0.2, 0.25) is 5.02 Å². The van der Waals surface area contributed by atoms with Crippen molar-refractivity contribution in [3.05, 3.63) is 63.5 Å². The highest BCUT2D eigenvalue weighted by Crippen LogP contribution is 2.14. The predicted octanol–water partition coefficient (Wildman–Crippen LogP) is 2.51. The fourth-order valence-electron chi connectivity index (χ4n) is 1.55. The molecule has 82 valence electrons. The zero-order valence-electron chi connectivity index (χ0n) is 8.80. The topological polar surface area (TPSA) is 34.9 Å². The quantitative estimate of drug-likeness (QED) is 0.800. The molecular weight excluding hydrogens is 224 g/mol. The highest BCUT2D eigenvalue weighted by atomic mass is 35.5. The number of nitrogens with zero attached hydrogens (tertiary/aromatic N) is 2. The summed E-state index contributed by atoms with van der Waals surface area (Å²) >= 11 is 5.77. The zero-order valence-corrected chi connectivity index (χ0v) is 9.56. The van der Waals surface area contributed by atoms with E-state index in [4.69, 9.17) is 11.6 Å². The molecule has 1 heterocycles. The minimum Gasteiger partial charge on any atom is -0.266 e. The van der Waals surface area contributed by atoms with Gasteiger partial charge in [-0.25, -0.2) is 4.68 Å². The van der Waals surface area contributed by atoms with E-state index in [1.807, 2.05) is 37.3 Å². The van der Waals surface area contributed by atoms with E-state index in [0.29, 0.717) is 0 Å². The van der Waals surface area contributed by atoms with Crippen LogP contribution in [0.15, 0.2) is 47.4 Å². The fraction of sp³-hybridized carbons (Fsp3) is 0.167. The van der Waals surface area contributed by atoms with E-state index in [-0.39, 0.29) is 16.6 Å². The molecule has 0 aliphatic rings. The molecule has 0 N–H and O–H groups in total. The molecule has 3 nitrogen and oxygen atoms in total. The largest absolute Gasteiger partial charge is 0.286 e. The Morgan fingerprint density at radius 1 is 1.25 bits per heavy atom. The molecule has 1 aromatic carbocycles. The summed E-state index contributed by atoms with van der Waals surface area (Å²) in [4.78, 5) is 11.8. The summed E-state index contributed by atoms with van der Waals surface area (Å²) in [5.41, 5.74) is 0.764. The molecule has 0 spiro atoms. The third kappa shape index (κ3) is 1.99. The van der Waals surface area contributed by atoms with Crippen LogP contribution in [0.25, 0.3) is 0 Å². The highest BCUT2D eigenvalue weighted by Gasteiger charge is 2.11. The van der Waals surface area contributed by atoms with Crippen molar-refractivity contribution in [3.8, 4) is 0 Å². The maximum absolute atomic E-state index is 11.8. The van der Waals surface area contributed by atoms with Crippen LogP contribution in [0.4, 0.5) is 0 Å². The summed E-state index contributed by atoms with van der Waals surface area (Å²) in [6.45, 7) is 1.92. The first-order valence-electron chi connectivity index (χ1n) is 4.98. The fourth-order valence-corrected chi connectivity index (χ4v) is 1.70. The molecule has 0 aliphatic carbocycles. The SMILES string of the molecule is C[C@@H](c1ccccc1)n1nccc(Cl)c1=O. The van der Waals surface area contributed by atoms with E-state index in [9.17, 15) is 4.79 Å². The zero-order chi connectivity index (χ0) is 11.5. The van der Waals surface area contributed by atoms with Crippen LogP contribution in [0.3, 0.4) is 0 Å². The number of rotatable bonds is 2. The van der Waals surface area contributed by atoms with Crippen molar-refractivity contribution < 1.29 is 0 Å². The highest BCUT2D eigenvalue weighted by molar-refractivity contribution is 6.30. The number of benzene rings is 1. The van der Waals surface area contributed by atoms with Gasteiger partial charge in [0.1, 0.15) is 5.02 Å². The third-order valence-electron chi connectivity index (χ3n) is 2.47. The minimum absolute atomic E-state index is 0.118. The Morgan fingerprint density at radius 3 is 2.62 bits per heavy atom. The normalized spacial score (nSPS) is 12.4. The van der Waals surface area contributed by atoms with E-state index in [2.05, 4.69) is 5.10 Å². The van der Waals surface area contributed by atoms with Gasteiger partial charge in [0.05, 0.1) is 6.04 Å². The molecule has 0 fully saturated rings. The lowest BCUT2D eigenvalue weighted by molar-refractivity contribution is 0.531. The van der Waals surface area contributed by atoms with Crippen LogP contribution in [0, 0.1) is 0 Å². The average Bonchev–Trinajstić information content (AvgIpc) is 2.33. The van der Waals surface area contributed by atoms with Gasteiger partial charge in [-0.1, -0.05) is 41.9 Å². The number of aromatic nitrogens is 2. The molecule has 2 rings (SSSR count). The van der Waals surface area contributed by atoms with Crippen LogP contribution in [0.5, 0.6) is 0 Å². The lowest BCUT2D eigenvalue weighted by atomic mass is 10.1. The van der Waals surface area contributed by atoms with Gasteiger partial charge in [-0.15, -0.1) is 0 Å². The minimum atomic E-state index is -0.263. The Bertz CT molecular complexity index is 536. The van der Waals surface area contributed by atoms with Crippen LogP contribution in [-0.2, 0) is 0 Å². The van der Waals surface area contributed by atoms with Gasteiger partial charge < -0.3 is 0 Å². The molecule has 4 heteroatoms. The number of halogens is 1. The summed E-state index contributed by atoms with van der Waals surface area (Å²) in [5.74, 6) is 0. The molecule has 0 radical (unpaired) electrons. The number of hydrogen-bond donors (Lipinski definition) is 0. The van der Waals surface area contributed by atoms with Gasteiger partial charge in [0.25, 0.3) is 5.56 Å². The van der Waals surface area contributed by atoms with Crippen molar-refractivity contribution >= 4 is 11.6 Å². The Hall–Kier alpha value is -1.61. The second-order valence-electron chi connectivity index (χ2n) is 3.52. The van der Waals surface area contributed by atoms with Gasteiger partial charge in [-0.05, 0) is 18.6 Å². The maximum atomic E-state index is 11.8. The van der Waals surface area contributed by atoms with E-state index >= 15 is 0 Å². The first kappa shape index (κ1) is 10.9. The van der Waals surface area contributed by atoms with Crippen molar-refractivity contribution in [1.29, 1.82) is 0 Å². The summed E-state index contributed by atoms with van der Waals surface area (Å²) in [7, 11) is 0. The van der Waals surface area contributed by atoms with Crippen molar-refractivity contribution in [1.82, 2.24) is 9.78 Å². The predicted molar refractivity (Wildman–Crippen MR) is 63.8 cm³/mol. The molecule has 0 amide bonds. The number of hydrogen-bond acceptors (Lipinski definition) is 2. The maximum Gasteiger partial charge on any atom is 0.286 e. The first-order chi connectivity index (χ1) is 7.70.